The summed E-state index contributed by atoms with van der Waals surface area (Å²) in [4.78, 5) is 30.3. The van der Waals surface area contributed by atoms with Crippen LogP contribution in [0.3, 0.4) is 0 Å². The second-order valence-electron chi connectivity index (χ2n) is 8.04. The highest BCUT2D eigenvalue weighted by molar-refractivity contribution is 5.94. The number of carbonyl (C=O) groups is 1. The van der Waals surface area contributed by atoms with Gasteiger partial charge in [0.15, 0.2) is 11.2 Å². The Labute approximate surface area is 179 Å². The lowest BCUT2D eigenvalue weighted by atomic mass is 10.1. The molecule has 0 atom stereocenters. The van der Waals surface area contributed by atoms with Gasteiger partial charge in [-0.25, -0.2) is 0 Å². The molecule has 1 aliphatic rings. The van der Waals surface area contributed by atoms with Gasteiger partial charge in [0, 0.05) is 43.0 Å². The number of hydrogen-bond donors (Lipinski definition) is 0. The van der Waals surface area contributed by atoms with Gasteiger partial charge in [0.25, 0.3) is 0 Å². The fourth-order valence-electron chi connectivity index (χ4n) is 4.35. The molecule has 1 fully saturated rings. The van der Waals surface area contributed by atoms with E-state index in [0.29, 0.717) is 30.4 Å². The number of carbonyl (C=O) groups excluding carboxylic acids is 1. The third kappa shape index (κ3) is 3.72. The molecule has 31 heavy (non-hydrogen) atoms. The van der Waals surface area contributed by atoms with E-state index in [9.17, 15) is 9.59 Å². The molecule has 0 bridgehead atoms. The zero-order chi connectivity index (χ0) is 21.4. The number of benzene rings is 2. The Morgan fingerprint density at radius 1 is 0.968 bits per heavy atom. The van der Waals surface area contributed by atoms with Crippen LogP contribution in [0.1, 0.15) is 11.5 Å². The molecule has 0 aliphatic carbocycles. The highest BCUT2D eigenvalue weighted by Gasteiger charge is 2.23. The molecular weight excluding hydrogens is 392 g/mol. The van der Waals surface area contributed by atoms with Crippen LogP contribution in [0.5, 0.6) is 0 Å². The number of aryl methyl sites for hydroxylation is 1. The molecule has 7 heteroatoms. The van der Waals surface area contributed by atoms with Crippen LogP contribution in [0.2, 0.25) is 0 Å². The van der Waals surface area contributed by atoms with Gasteiger partial charge in [-0.3, -0.25) is 14.5 Å². The predicted octanol–water partition coefficient (Wildman–Crippen LogP) is 2.80. The first-order valence-electron chi connectivity index (χ1n) is 10.5. The van der Waals surface area contributed by atoms with E-state index in [1.54, 1.807) is 0 Å². The lowest BCUT2D eigenvalue weighted by molar-refractivity contribution is -0.133. The molecule has 0 saturated carbocycles. The summed E-state index contributed by atoms with van der Waals surface area (Å²) < 4.78 is 7.28. The lowest BCUT2D eigenvalue weighted by Crippen LogP contribution is -2.49. The fourth-order valence-corrected chi connectivity index (χ4v) is 4.35. The van der Waals surface area contributed by atoms with Crippen molar-refractivity contribution in [1.29, 1.82) is 0 Å². The SMILES string of the molecule is Cc1cc(CN2CCN(C(=O)Cn3c4ccccc4c(=O)c4ccccc43)CC2)on1. The highest BCUT2D eigenvalue weighted by atomic mass is 16.5. The van der Waals surface area contributed by atoms with Gasteiger partial charge >= 0.3 is 0 Å². The summed E-state index contributed by atoms with van der Waals surface area (Å²) in [5, 5.41) is 5.22. The number of rotatable bonds is 4. The molecule has 2 aromatic heterocycles. The van der Waals surface area contributed by atoms with Crippen molar-refractivity contribution in [2.45, 2.75) is 20.0 Å². The molecule has 0 unspecified atom stereocenters. The summed E-state index contributed by atoms with van der Waals surface area (Å²) in [6.07, 6.45) is 0. The molecule has 158 valence electrons. The third-order valence-corrected chi connectivity index (χ3v) is 5.95. The van der Waals surface area contributed by atoms with Crippen LogP contribution < -0.4 is 5.43 Å². The Kier molecular flexibility index (Phi) is 5.03. The quantitative estimate of drug-likeness (QED) is 0.479. The van der Waals surface area contributed by atoms with Crippen molar-refractivity contribution in [2.75, 3.05) is 26.2 Å². The molecule has 0 N–H and O–H groups in total. The minimum atomic E-state index is 0.00571. The highest BCUT2D eigenvalue weighted by Crippen LogP contribution is 2.20. The zero-order valence-electron chi connectivity index (χ0n) is 17.5. The molecule has 0 spiro atoms. The monoisotopic (exact) mass is 416 g/mol. The molecule has 4 aromatic rings. The molecule has 1 aliphatic heterocycles. The molecule has 3 heterocycles. The second-order valence-corrected chi connectivity index (χ2v) is 8.04. The van der Waals surface area contributed by atoms with Crippen LogP contribution >= 0.6 is 0 Å². The minimum Gasteiger partial charge on any atom is -0.360 e. The summed E-state index contributed by atoms with van der Waals surface area (Å²) in [6.45, 7) is 5.74. The van der Waals surface area contributed by atoms with Crippen molar-refractivity contribution in [3.63, 3.8) is 0 Å². The second kappa shape index (κ2) is 8.00. The molecule has 1 amide bonds. The van der Waals surface area contributed by atoms with Gasteiger partial charge in [-0.2, -0.15) is 0 Å². The first-order chi connectivity index (χ1) is 15.1. The van der Waals surface area contributed by atoms with E-state index in [2.05, 4.69) is 10.1 Å². The van der Waals surface area contributed by atoms with Gasteiger partial charge in [0.05, 0.1) is 23.3 Å². The standard InChI is InChI=1S/C24H24N4O3/c1-17-14-18(31-25-17)15-26-10-12-27(13-11-26)23(29)16-28-21-8-4-2-6-19(21)24(30)20-7-3-5-9-22(20)28/h2-9,14H,10-13,15-16H2,1H3. The Morgan fingerprint density at radius 3 is 2.16 bits per heavy atom. The van der Waals surface area contributed by atoms with Gasteiger partial charge in [-0.15, -0.1) is 0 Å². The van der Waals surface area contributed by atoms with E-state index < -0.39 is 0 Å². The van der Waals surface area contributed by atoms with Crippen molar-refractivity contribution >= 4 is 27.7 Å². The van der Waals surface area contributed by atoms with E-state index in [1.807, 2.05) is 71.0 Å². The number of amides is 1. The van der Waals surface area contributed by atoms with Crippen molar-refractivity contribution < 1.29 is 9.32 Å². The van der Waals surface area contributed by atoms with E-state index in [0.717, 1.165) is 35.6 Å². The molecule has 1 saturated heterocycles. The normalized spacial score (nSPS) is 15.1. The van der Waals surface area contributed by atoms with Crippen LogP contribution in [0.15, 0.2) is 63.9 Å². The first kappa shape index (κ1) is 19.5. The van der Waals surface area contributed by atoms with Crippen molar-refractivity contribution in [3.05, 3.63) is 76.3 Å². The summed E-state index contributed by atoms with van der Waals surface area (Å²) in [5.41, 5.74) is 2.47. The summed E-state index contributed by atoms with van der Waals surface area (Å²) in [7, 11) is 0. The number of piperazine rings is 1. The van der Waals surface area contributed by atoms with Crippen LogP contribution in [-0.4, -0.2) is 51.6 Å². The average Bonchev–Trinajstić information content (AvgIpc) is 3.21. The topological polar surface area (TPSA) is 71.6 Å². The maximum absolute atomic E-state index is 13.2. The van der Waals surface area contributed by atoms with Gasteiger partial charge in [-0.1, -0.05) is 29.4 Å². The maximum atomic E-state index is 13.2. The predicted molar refractivity (Wildman–Crippen MR) is 119 cm³/mol. The van der Waals surface area contributed by atoms with Crippen LogP contribution in [0.25, 0.3) is 21.8 Å². The molecule has 7 nitrogen and oxygen atoms in total. The van der Waals surface area contributed by atoms with E-state index in [1.165, 1.54) is 0 Å². The summed E-state index contributed by atoms with van der Waals surface area (Å²) in [5.74, 6) is 0.914. The van der Waals surface area contributed by atoms with Gasteiger partial charge in [-0.05, 0) is 31.2 Å². The Bertz CT molecular complexity index is 1260. The van der Waals surface area contributed by atoms with E-state index in [-0.39, 0.29) is 17.9 Å². The van der Waals surface area contributed by atoms with Crippen LogP contribution in [0.4, 0.5) is 0 Å². The smallest absolute Gasteiger partial charge is 0.242 e. The number of hydrogen-bond acceptors (Lipinski definition) is 5. The fraction of sp³-hybridized carbons (Fsp3) is 0.292. The van der Waals surface area contributed by atoms with Crippen LogP contribution in [-0.2, 0) is 17.9 Å². The number of pyridine rings is 1. The minimum absolute atomic E-state index is 0.00571. The Hall–Kier alpha value is -3.45. The van der Waals surface area contributed by atoms with Gasteiger partial charge in [0.2, 0.25) is 5.91 Å². The van der Waals surface area contributed by atoms with Crippen LogP contribution in [0, 0.1) is 6.92 Å². The third-order valence-electron chi connectivity index (χ3n) is 5.95. The van der Waals surface area contributed by atoms with Gasteiger partial charge < -0.3 is 14.0 Å². The summed E-state index contributed by atoms with van der Waals surface area (Å²) >= 11 is 0. The molecule has 5 rings (SSSR count). The molecular formula is C24H24N4O3. The first-order valence-corrected chi connectivity index (χ1v) is 10.5. The lowest BCUT2D eigenvalue weighted by Gasteiger charge is -2.34. The Balaban J connectivity index is 1.36. The number of para-hydroxylation sites is 2. The largest absolute Gasteiger partial charge is 0.360 e. The van der Waals surface area contributed by atoms with Crippen molar-refractivity contribution in [1.82, 2.24) is 19.5 Å². The van der Waals surface area contributed by atoms with Crippen molar-refractivity contribution in [3.8, 4) is 0 Å². The van der Waals surface area contributed by atoms with E-state index >= 15 is 0 Å². The Morgan fingerprint density at radius 2 is 1.58 bits per heavy atom. The zero-order valence-corrected chi connectivity index (χ0v) is 17.5. The van der Waals surface area contributed by atoms with Crippen molar-refractivity contribution in [2.24, 2.45) is 0 Å². The molecule has 0 radical (unpaired) electrons. The van der Waals surface area contributed by atoms with E-state index in [4.69, 9.17) is 4.52 Å². The van der Waals surface area contributed by atoms with Gasteiger partial charge in [0.1, 0.15) is 6.54 Å². The molecule has 2 aromatic carbocycles. The number of aromatic nitrogens is 2. The average molecular weight is 416 g/mol. The number of fused-ring (bicyclic) bond motifs is 2. The maximum Gasteiger partial charge on any atom is 0.242 e. The summed E-state index contributed by atoms with van der Waals surface area (Å²) in [6, 6.07) is 17.0. The number of nitrogens with zero attached hydrogens (tertiary/aromatic N) is 4.